The van der Waals surface area contributed by atoms with Crippen LogP contribution in [-0.2, 0) is 4.79 Å². The van der Waals surface area contributed by atoms with Crippen molar-refractivity contribution in [2.24, 2.45) is 0 Å². The highest BCUT2D eigenvalue weighted by Gasteiger charge is 2.13. The fourth-order valence-corrected chi connectivity index (χ4v) is 2.40. The van der Waals surface area contributed by atoms with E-state index in [0.717, 1.165) is 11.6 Å². The summed E-state index contributed by atoms with van der Waals surface area (Å²) < 4.78 is 11.1. The minimum absolute atomic E-state index is 0.0475. The van der Waals surface area contributed by atoms with E-state index in [2.05, 4.69) is 0 Å². The van der Waals surface area contributed by atoms with E-state index in [9.17, 15) is 9.90 Å². The zero-order chi connectivity index (χ0) is 16.4. The van der Waals surface area contributed by atoms with E-state index in [-0.39, 0.29) is 5.75 Å². The Morgan fingerprint density at radius 1 is 1.22 bits per heavy atom. The van der Waals surface area contributed by atoms with Crippen molar-refractivity contribution in [1.82, 2.24) is 0 Å². The summed E-state index contributed by atoms with van der Waals surface area (Å²) in [6.45, 7) is 0. The van der Waals surface area contributed by atoms with Gasteiger partial charge >= 0.3 is 5.97 Å². The first-order chi connectivity index (χ1) is 11.1. The summed E-state index contributed by atoms with van der Waals surface area (Å²) in [4.78, 5) is 10.6. The molecule has 0 amide bonds. The average molecular weight is 310 g/mol. The monoisotopic (exact) mass is 310 g/mol. The molecule has 2 aromatic carbocycles. The van der Waals surface area contributed by atoms with Gasteiger partial charge in [-0.25, -0.2) is 4.79 Å². The Morgan fingerprint density at radius 2 is 2.00 bits per heavy atom. The summed E-state index contributed by atoms with van der Waals surface area (Å²) >= 11 is 0. The maximum atomic E-state index is 10.6. The normalized spacial score (nSPS) is 11.2. The highest BCUT2D eigenvalue weighted by atomic mass is 16.5. The van der Waals surface area contributed by atoms with Crippen LogP contribution < -0.4 is 4.74 Å². The molecule has 0 aliphatic carbocycles. The highest BCUT2D eigenvalue weighted by Crippen LogP contribution is 2.37. The number of rotatable bonds is 4. The Morgan fingerprint density at radius 3 is 2.74 bits per heavy atom. The number of aliphatic carboxylic acids is 1. The fourth-order valence-electron chi connectivity index (χ4n) is 2.40. The number of phenols is 1. The lowest BCUT2D eigenvalue weighted by molar-refractivity contribution is -0.131. The fraction of sp³-hybridized carbons (Fsp3) is 0.0556. The predicted molar refractivity (Wildman–Crippen MR) is 86.5 cm³/mol. The third-order valence-electron chi connectivity index (χ3n) is 3.41. The number of phenolic OH excluding ortho intramolecular Hbond substituents is 1. The van der Waals surface area contributed by atoms with Gasteiger partial charge in [-0.2, -0.15) is 0 Å². The zero-order valence-corrected chi connectivity index (χ0v) is 12.3. The van der Waals surface area contributed by atoms with Gasteiger partial charge in [0.1, 0.15) is 11.5 Å². The molecule has 0 saturated heterocycles. The average Bonchev–Trinajstić information content (AvgIpc) is 2.97. The van der Waals surface area contributed by atoms with Crippen LogP contribution in [0.4, 0.5) is 0 Å². The van der Waals surface area contributed by atoms with E-state index < -0.39 is 5.97 Å². The van der Waals surface area contributed by atoms with Crippen LogP contribution in [-0.4, -0.2) is 23.3 Å². The minimum Gasteiger partial charge on any atom is -0.504 e. The number of fused-ring (bicyclic) bond motifs is 1. The highest BCUT2D eigenvalue weighted by molar-refractivity contribution is 5.91. The van der Waals surface area contributed by atoms with Gasteiger partial charge in [-0.15, -0.1) is 0 Å². The molecule has 0 saturated carbocycles. The second kappa shape index (κ2) is 5.88. The topological polar surface area (TPSA) is 79.9 Å². The van der Waals surface area contributed by atoms with Crippen LogP contribution >= 0.6 is 0 Å². The molecule has 23 heavy (non-hydrogen) atoms. The van der Waals surface area contributed by atoms with Gasteiger partial charge in [0, 0.05) is 11.5 Å². The molecule has 0 radical (unpaired) electrons. The van der Waals surface area contributed by atoms with Gasteiger partial charge in [0.05, 0.1) is 12.7 Å². The molecule has 0 unspecified atom stereocenters. The summed E-state index contributed by atoms with van der Waals surface area (Å²) in [6.07, 6.45) is 2.43. The molecule has 3 aromatic rings. The second-order valence-corrected chi connectivity index (χ2v) is 4.94. The number of para-hydroxylation sites is 1. The van der Waals surface area contributed by atoms with Crippen molar-refractivity contribution in [3.63, 3.8) is 0 Å². The molecule has 5 heteroatoms. The van der Waals surface area contributed by atoms with Crippen LogP contribution in [0.2, 0.25) is 0 Å². The number of aromatic hydroxyl groups is 1. The Kier molecular flexibility index (Phi) is 3.76. The molecule has 2 N–H and O–H groups in total. The molecule has 0 aliphatic rings. The van der Waals surface area contributed by atoms with Crippen LogP contribution in [0, 0.1) is 0 Å². The van der Waals surface area contributed by atoms with E-state index in [1.54, 1.807) is 19.2 Å². The van der Waals surface area contributed by atoms with E-state index in [1.165, 1.54) is 12.1 Å². The lowest BCUT2D eigenvalue weighted by atomic mass is 10.1. The van der Waals surface area contributed by atoms with Gasteiger partial charge < -0.3 is 19.4 Å². The SMILES string of the molecule is COc1ccccc1-c1cc2cc(/C=C/C(=O)O)cc(O)c2o1. The third kappa shape index (κ3) is 2.89. The molecule has 5 nitrogen and oxygen atoms in total. The second-order valence-electron chi connectivity index (χ2n) is 4.94. The number of carboxylic acids is 1. The lowest BCUT2D eigenvalue weighted by Crippen LogP contribution is -1.85. The number of methoxy groups -OCH3 is 1. The van der Waals surface area contributed by atoms with Crippen molar-refractivity contribution < 1.29 is 24.2 Å². The maximum Gasteiger partial charge on any atom is 0.328 e. The van der Waals surface area contributed by atoms with Crippen molar-refractivity contribution in [3.8, 4) is 22.8 Å². The van der Waals surface area contributed by atoms with E-state index >= 15 is 0 Å². The Hall–Kier alpha value is -3.21. The van der Waals surface area contributed by atoms with E-state index in [0.29, 0.717) is 28.0 Å². The smallest absolute Gasteiger partial charge is 0.328 e. The summed E-state index contributed by atoms with van der Waals surface area (Å²) in [5, 5.41) is 19.5. The third-order valence-corrected chi connectivity index (χ3v) is 3.41. The van der Waals surface area contributed by atoms with Crippen LogP contribution in [0.3, 0.4) is 0 Å². The molecule has 0 fully saturated rings. The summed E-state index contributed by atoms with van der Waals surface area (Å²) in [5.41, 5.74) is 1.69. The molecule has 1 heterocycles. The quantitative estimate of drug-likeness (QED) is 0.714. The van der Waals surface area contributed by atoms with Crippen molar-refractivity contribution in [1.29, 1.82) is 0 Å². The van der Waals surface area contributed by atoms with Gasteiger partial charge in [-0.1, -0.05) is 12.1 Å². The largest absolute Gasteiger partial charge is 0.504 e. The first-order valence-electron chi connectivity index (χ1n) is 6.89. The molecule has 1 aromatic heterocycles. The summed E-state index contributed by atoms with van der Waals surface area (Å²) in [7, 11) is 1.58. The number of carbonyl (C=O) groups is 1. The van der Waals surface area contributed by atoms with Gasteiger partial charge in [0.25, 0.3) is 0 Å². The number of ether oxygens (including phenoxy) is 1. The summed E-state index contributed by atoms with van der Waals surface area (Å²) in [6, 6.07) is 12.4. The van der Waals surface area contributed by atoms with Crippen molar-refractivity contribution in [2.45, 2.75) is 0 Å². The molecule has 0 spiro atoms. The van der Waals surface area contributed by atoms with Gasteiger partial charge in [0.2, 0.25) is 0 Å². The van der Waals surface area contributed by atoms with Crippen molar-refractivity contribution >= 4 is 23.0 Å². The molecule has 3 rings (SSSR count). The standard InChI is InChI=1S/C18H14O5/c1-22-15-5-3-2-4-13(15)16-10-12-8-11(6-7-17(20)21)9-14(19)18(12)23-16/h2-10,19H,1H3,(H,20,21)/b7-6+. The number of hydrogen-bond donors (Lipinski definition) is 2. The van der Waals surface area contributed by atoms with Crippen molar-refractivity contribution in [3.05, 3.63) is 54.1 Å². The zero-order valence-electron chi connectivity index (χ0n) is 12.3. The summed E-state index contributed by atoms with van der Waals surface area (Å²) in [5.74, 6) is 0.129. The minimum atomic E-state index is -1.05. The van der Waals surface area contributed by atoms with Crippen LogP contribution in [0.15, 0.2) is 53.0 Å². The van der Waals surface area contributed by atoms with Crippen LogP contribution in [0.5, 0.6) is 11.5 Å². The van der Waals surface area contributed by atoms with E-state index in [4.69, 9.17) is 14.3 Å². The van der Waals surface area contributed by atoms with Gasteiger partial charge in [0.15, 0.2) is 11.3 Å². The van der Waals surface area contributed by atoms with Gasteiger partial charge in [-0.3, -0.25) is 0 Å². The lowest BCUT2D eigenvalue weighted by Gasteiger charge is -2.04. The number of carboxylic acid groups (broad SMARTS) is 1. The van der Waals surface area contributed by atoms with Crippen molar-refractivity contribution in [2.75, 3.05) is 7.11 Å². The first-order valence-corrected chi connectivity index (χ1v) is 6.89. The maximum absolute atomic E-state index is 10.6. The molecule has 116 valence electrons. The molecule has 0 bridgehead atoms. The Labute approximate surface area is 132 Å². The predicted octanol–water partition coefficient (Wildman–Crippen LogP) is 3.91. The molecule has 0 atom stereocenters. The Balaban J connectivity index is 2.12. The van der Waals surface area contributed by atoms with Crippen LogP contribution in [0.1, 0.15) is 5.56 Å². The Bertz CT molecular complexity index is 905. The number of furan rings is 1. The number of benzene rings is 2. The molecular formula is C18H14O5. The van der Waals surface area contributed by atoms with Gasteiger partial charge in [-0.05, 0) is 42.0 Å². The molecule has 0 aliphatic heterocycles. The first kappa shape index (κ1) is 14.7. The number of hydrogen-bond acceptors (Lipinski definition) is 4. The van der Waals surface area contributed by atoms with Crippen LogP contribution in [0.25, 0.3) is 28.4 Å². The molecular weight excluding hydrogens is 296 g/mol. The van der Waals surface area contributed by atoms with E-state index in [1.807, 2.05) is 24.3 Å².